The number of esters is 1. The number of rotatable bonds is 45. The Hall–Kier alpha value is -2.72. The molecule has 68 heavy (non-hydrogen) atoms. The van der Waals surface area contributed by atoms with Gasteiger partial charge in [-0.05, 0) is 89.9 Å². The number of ether oxygens (including phenoxy) is 4. The van der Waals surface area contributed by atoms with Gasteiger partial charge in [0.15, 0.2) is 6.29 Å². The van der Waals surface area contributed by atoms with Crippen molar-refractivity contribution in [3.05, 3.63) is 85.1 Å². The van der Waals surface area contributed by atoms with E-state index in [0.29, 0.717) is 13.0 Å². The van der Waals surface area contributed by atoms with Crippen molar-refractivity contribution in [1.29, 1.82) is 0 Å². The van der Waals surface area contributed by atoms with Crippen LogP contribution < -0.4 is 0 Å². The molecule has 0 bridgehead atoms. The number of unbranched alkanes of at least 4 members (excludes halogenated alkanes) is 18. The molecule has 1 heterocycles. The average molecular weight is 979 g/mol. The molecule has 0 radical (unpaired) electrons. The van der Waals surface area contributed by atoms with E-state index < -0.39 is 59.8 Å². The van der Waals surface area contributed by atoms with Gasteiger partial charge in [0.2, 0.25) is 0 Å². The number of carbonyl (C=O) groups excluding carboxylic acids is 1. The molecule has 0 saturated carbocycles. The van der Waals surface area contributed by atoms with Crippen LogP contribution in [0.25, 0.3) is 0 Å². The molecule has 1 saturated heterocycles. The Bertz CT molecular complexity index is 1500. The third-order valence-corrected chi connectivity index (χ3v) is 12.0. The lowest BCUT2D eigenvalue weighted by Gasteiger charge is -2.41. The number of allylic oxidation sites excluding steroid dienone is 14. The predicted molar refractivity (Wildman–Crippen MR) is 275 cm³/mol. The minimum Gasteiger partial charge on any atom is -0.457 e. The highest BCUT2D eigenvalue weighted by atomic mass is 32.3. The average Bonchev–Trinajstić information content (AvgIpc) is 3.31. The standard InChI is InChI=1S/C55H94O12S/c1-3-5-7-9-11-13-15-17-19-20-21-22-23-24-25-26-27-28-29-31-33-35-37-39-41-43-45-63-47-49(48-64-55-53(59)54(67-68(60,61)62)52(58)50(46-56)66-55)65-51(57)44-42-40-38-36-34-32-30-18-16-14-12-10-8-6-4-2/h6,8,12,14-15,17-18,20-21,23-24,30,34,36,49-50,52-56,58-59H,3-5,7,9-11,13,16,19,22,25-29,31-33,35,37-48H2,1-2H3,(H,60,61,62)/b8-6-,14-12-,17-15-,21-20-,24-23-,30-18-,36-34-. The first-order chi connectivity index (χ1) is 33.1. The van der Waals surface area contributed by atoms with Crippen LogP contribution in [-0.4, -0.2) is 97.5 Å². The zero-order chi connectivity index (χ0) is 49.6. The lowest BCUT2D eigenvalue weighted by Crippen LogP contribution is -2.60. The van der Waals surface area contributed by atoms with Gasteiger partial charge >= 0.3 is 16.4 Å². The van der Waals surface area contributed by atoms with Crippen molar-refractivity contribution in [2.75, 3.05) is 26.4 Å². The summed E-state index contributed by atoms with van der Waals surface area (Å²) >= 11 is 0. The van der Waals surface area contributed by atoms with Gasteiger partial charge in [-0.2, -0.15) is 8.42 Å². The Morgan fingerprint density at radius 2 is 1.01 bits per heavy atom. The topological polar surface area (TPSA) is 178 Å². The van der Waals surface area contributed by atoms with Gasteiger partial charge in [-0.1, -0.05) is 182 Å². The van der Waals surface area contributed by atoms with E-state index >= 15 is 0 Å². The first-order valence-corrected chi connectivity index (χ1v) is 27.7. The van der Waals surface area contributed by atoms with Crippen LogP contribution in [0.2, 0.25) is 0 Å². The van der Waals surface area contributed by atoms with Crippen molar-refractivity contribution in [3.8, 4) is 0 Å². The molecule has 4 N–H and O–H groups in total. The van der Waals surface area contributed by atoms with E-state index in [1.165, 1.54) is 96.3 Å². The van der Waals surface area contributed by atoms with Crippen LogP contribution >= 0.6 is 0 Å². The quantitative estimate of drug-likeness (QED) is 0.0197. The number of aliphatic hydroxyl groups is 3. The maximum Gasteiger partial charge on any atom is 0.397 e. The van der Waals surface area contributed by atoms with Crippen LogP contribution in [0.1, 0.15) is 194 Å². The summed E-state index contributed by atoms with van der Waals surface area (Å²) in [4.78, 5) is 12.9. The Balaban J connectivity index is 2.34. The third kappa shape index (κ3) is 38.1. The van der Waals surface area contributed by atoms with Crippen LogP contribution in [0.3, 0.4) is 0 Å². The van der Waals surface area contributed by atoms with Gasteiger partial charge < -0.3 is 34.3 Å². The van der Waals surface area contributed by atoms with Crippen molar-refractivity contribution >= 4 is 16.4 Å². The van der Waals surface area contributed by atoms with Crippen LogP contribution in [0, 0.1) is 0 Å². The largest absolute Gasteiger partial charge is 0.457 e. The minimum atomic E-state index is -5.08. The molecule has 0 spiro atoms. The molecule has 392 valence electrons. The molecule has 6 atom stereocenters. The van der Waals surface area contributed by atoms with Gasteiger partial charge in [-0.25, -0.2) is 4.18 Å². The van der Waals surface area contributed by atoms with E-state index in [2.05, 4.69) is 103 Å². The summed E-state index contributed by atoms with van der Waals surface area (Å²) in [7, 11) is -5.08. The summed E-state index contributed by atoms with van der Waals surface area (Å²) < 4.78 is 59.2. The predicted octanol–water partition coefficient (Wildman–Crippen LogP) is 12.4. The molecule has 1 rings (SSSR count). The summed E-state index contributed by atoms with van der Waals surface area (Å²) in [5.41, 5.74) is 0. The second-order valence-electron chi connectivity index (χ2n) is 17.7. The van der Waals surface area contributed by atoms with Gasteiger partial charge in [-0.3, -0.25) is 9.35 Å². The second-order valence-corrected chi connectivity index (χ2v) is 18.8. The fourth-order valence-electron chi connectivity index (χ4n) is 7.55. The highest BCUT2D eigenvalue weighted by Crippen LogP contribution is 2.26. The molecular formula is C55H94O12S. The molecule has 1 aliphatic rings. The summed E-state index contributed by atoms with van der Waals surface area (Å²) in [5, 5.41) is 30.7. The van der Waals surface area contributed by atoms with Crippen molar-refractivity contribution in [2.24, 2.45) is 0 Å². The van der Waals surface area contributed by atoms with E-state index in [0.717, 1.165) is 70.6 Å². The maximum absolute atomic E-state index is 12.9. The van der Waals surface area contributed by atoms with E-state index in [1.54, 1.807) is 0 Å². The Morgan fingerprint density at radius 1 is 0.574 bits per heavy atom. The Morgan fingerprint density at radius 3 is 1.49 bits per heavy atom. The first-order valence-electron chi connectivity index (χ1n) is 26.3. The van der Waals surface area contributed by atoms with E-state index in [4.69, 9.17) is 18.9 Å². The number of carbonyl (C=O) groups is 1. The molecule has 0 amide bonds. The molecule has 12 nitrogen and oxygen atoms in total. The van der Waals surface area contributed by atoms with Gasteiger partial charge in [0.05, 0.1) is 19.8 Å². The van der Waals surface area contributed by atoms with E-state index in [-0.39, 0.29) is 19.6 Å². The highest BCUT2D eigenvalue weighted by molar-refractivity contribution is 7.80. The summed E-state index contributed by atoms with van der Waals surface area (Å²) in [5.74, 6) is -0.442. The van der Waals surface area contributed by atoms with Gasteiger partial charge in [-0.15, -0.1) is 0 Å². The lowest BCUT2D eigenvalue weighted by atomic mass is 9.99. The lowest BCUT2D eigenvalue weighted by molar-refractivity contribution is -0.301. The van der Waals surface area contributed by atoms with Crippen molar-refractivity contribution in [2.45, 2.75) is 230 Å². The van der Waals surface area contributed by atoms with Crippen LogP contribution in [0.5, 0.6) is 0 Å². The SMILES string of the molecule is CC/C=C\C/C=C\C/C=C\C/C=C\CCCCC(=O)OC(COCCCCCCCCCCCCC/C=C\C/C=C\C/C=C\CCCCCCC)COC1OC(CO)C(O)C(OS(=O)(=O)O)C1O. The van der Waals surface area contributed by atoms with Crippen molar-refractivity contribution in [1.82, 2.24) is 0 Å². The number of aliphatic hydroxyl groups excluding tert-OH is 3. The Kier molecular flexibility index (Phi) is 42.3. The molecule has 0 aromatic heterocycles. The monoisotopic (exact) mass is 979 g/mol. The normalized spacial score (nSPS) is 20.0. The molecule has 1 fully saturated rings. The molecule has 13 heteroatoms. The smallest absolute Gasteiger partial charge is 0.397 e. The fourth-order valence-corrected chi connectivity index (χ4v) is 8.06. The molecule has 6 unspecified atom stereocenters. The zero-order valence-electron chi connectivity index (χ0n) is 42.1. The third-order valence-electron chi connectivity index (χ3n) is 11.5. The maximum atomic E-state index is 12.9. The molecular weight excluding hydrogens is 885 g/mol. The zero-order valence-corrected chi connectivity index (χ0v) is 43.0. The summed E-state index contributed by atoms with van der Waals surface area (Å²) in [6.07, 6.45) is 52.0. The molecule has 0 aliphatic carbocycles. The van der Waals surface area contributed by atoms with Gasteiger partial charge in [0.25, 0.3) is 0 Å². The molecule has 0 aromatic rings. The first kappa shape index (κ1) is 63.3. The fraction of sp³-hybridized carbons (Fsp3) is 0.727. The van der Waals surface area contributed by atoms with E-state index in [1.807, 2.05) is 0 Å². The van der Waals surface area contributed by atoms with Gasteiger partial charge in [0, 0.05) is 13.0 Å². The molecule has 0 aromatic carbocycles. The second kappa shape index (κ2) is 45.4. The van der Waals surface area contributed by atoms with Crippen molar-refractivity contribution in [3.63, 3.8) is 0 Å². The summed E-state index contributed by atoms with van der Waals surface area (Å²) in [6, 6.07) is 0. The van der Waals surface area contributed by atoms with Crippen molar-refractivity contribution < 1.29 is 56.2 Å². The summed E-state index contributed by atoms with van der Waals surface area (Å²) in [6.45, 7) is 3.80. The van der Waals surface area contributed by atoms with Crippen LogP contribution in [0.15, 0.2) is 85.1 Å². The highest BCUT2D eigenvalue weighted by Gasteiger charge is 2.48. The van der Waals surface area contributed by atoms with Crippen LogP contribution in [0.4, 0.5) is 0 Å². The minimum absolute atomic E-state index is 0.0125. The van der Waals surface area contributed by atoms with Gasteiger partial charge in [0.1, 0.15) is 30.5 Å². The van der Waals surface area contributed by atoms with Crippen LogP contribution in [-0.2, 0) is 38.3 Å². The molecule has 1 aliphatic heterocycles. The number of hydrogen-bond acceptors (Lipinski definition) is 11. The Labute approximate surface area is 413 Å². The van der Waals surface area contributed by atoms with E-state index in [9.17, 15) is 33.1 Å². The number of hydrogen-bond donors (Lipinski definition) is 4.